The fourth-order valence-corrected chi connectivity index (χ4v) is 2.16. The van der Waals surface area contributed by atoms with E-state index in [-0.39, 0.29) is 18.0 Å². The number of hydrogen-bond acceptors (Lipinski definition) is 3. The molecule has 0 saturated carbocycles. The minimum Gasteiger partial charge on any atom is -0.392 e. The predicted octanol–water partition coefficient (Wildman–Crippen LogP) is 0.980. The zero-order valence-electron chi connectivity index (χ0n) is 10.1. The van der Waals surface area contributed by atoms with Gasteiger partial charge in [-0.2, -0.15) is 0 Å². The Morgan fingerprint density at radius 2 is 2.18 bits per heavy atom. The van der Waals surface area contributed by atoms with E-state index in [1.54, 1.807) is 6.92 Å². The molecule has 94 valence electrons. The lowest BCUT2D eigenvalue weighted by Crippen LogP contribution is -2.54. The molecule has 1 fully saturated rings. The van der Waals surface area contributed by atoms with E-state index >= 15 is 0 Å². The summed E-state index contributed by atoms with van der Waals surface area (Å²) in [4.78, 5) is 2.28. The molecule has 1 aromatic rings. The predicted molar refractivity (Wildman–Crippen MR) is 65.1 cm³/mol. The zero-order chi connectivity index (χ0) is 12.3. The van der Waals surface area contributed by atoms with Gasteiger partial charge in [-0.3, -0.25) is 4.90 Å². The molecule has 17 heavy (non-hydrogen) atoms. The maximum Gasteiger partial charge on any atom is 0.123 e. The van der Waals surface area contributed by atoms with E-state index in [0.29, 0.717) is 0 Å². The van der Waals surface area contributed by atoms with Gasteiger partial charge in [-0.25, -0.2) is 4.39 Å². The smallest absolute Gasteiger partial charge is 0.123 e. The van der Waals surface area contributed by atoms with Gasteiger partial charge in [0.25, 0.3) is 0 Å². The van der Waals surface area contributed by atoms with Crippen molar-refractivity contribution >= 4 is 0 Å². The number of nitrogens with one attached hydrogen (secondary N) is 1. The van der Waals surface area contributed by atoms with Crippen LogP contribution in [-0.2, 0) is 6.54 Å². The highest BCUT2D eigenvalue weighted by Crippen LogP contribution is 2.10. The van der Waals surface area contributed by atoms with Crippen molar-refractivity contribution in [3.8, 4) is 0 Å². The molecule has 1 aromatic carbocycles. The Bertz CT molecular complexity index is 353. The van der Waals surface area contributed by atoms with Crippen molar-refractivity contribution in [2.45, 2.75) is 25.6 Å². The summed E-state index contributed by atoms with van der Waals surface area (Å²) in [5.41, 5.74) is 1.11. The van der Waals surface area contributed by atoms with E-state index in [9.17, 15) is 9.50 Å². The van der Waals surface area contributed by atoms with Gasteiger partial charge in [-0.1, -0.05) is 12.1 Å². The van der Waals surface area contributed by atoms with Crippen molar-refractivity contribution in [3.63, 3.8) is 0 Å². The Morgan fingerprint density at radius 3 is 2.82 bits per heavy atom. The van der Waals surface area contributed by atoms with E-state index in [2.05, 4.69) is 10.2 Å². The van der Waals surface area contributed by atoms with E-state index in [1.807, 2.05) is 12.1 Å². The quantitative estimate of drug-likeness (QED) is 0.824. The maximum absolute atomic E-state index is 12.8. The molecule has 3 nitrogen and oxygen atoms in total. The number of aliphatic hydroxyl groups excluding tert-OH is 1. The molecule has 0 radical (unpaired) electrons. The fraction of sp³-hybridized carbons (Fsp3) is 0.538. The first-order valence-electron chi connectivity index (χ1n) is 6.03. The molecule has 2 rings (SSSR count). The first-order valence-corrected chi connectivity index (χ1v) is 6.03. The van der Waals surface area contributed by atoms with Gasteiger partial charge in [0.1, 0.15) is 5.82 Å². The Balaban J connectivity index is 1.92. The molecule has 2 N–H and O–H groups in total. The monoisotopic (exact) mass is 238 g/mol. The highest BCUT2D eigenvalue weighted by molar-refractivity contribution is 5.16. The van der Waals surface area contributed by atoms with Gasteiger partial charge in [0.05, 0.1) is 6.10 Å². The van der Waals surface area contributed by atoms with Gasteiger partial charge in [-0.15, -0.1) is 0 Å². The highest BCUT2D eigenvalue weighted by atomic mass is 19.1. The molecule has 1 heterocycles. The second-order valence-corrected chi connectivity index (χ2v) is 4.66. The van der Waals surface area contributed by atoms with Gasteiger partial charge in [0.2, 0.25) is 0 Å². The van der Waals surface area contributed by atoms with Gasteiger partial charge in [0.15, 0.2) is 0 Å². The van der Waals surface area contributed by atoms with Crippen molar-refractivity contribution in [2.75, 3.05) is 19.6 Å². The van der Waals surface area contributed by atoms with Crippen LogP contribution in [0.5, 0.6) is 0 Å². The van der Waals surface area contributed by atoms with Crippen LogP contribution in [0.2, 0.25) is 0 Å². The molecule has 0 amide bonds. The number of nitrogens with zero attached hydrogens (tertiary/aromatic N) is 1. The van der Waals surface area contributed by atoms with Crippen LogP contribution in [0.15, 0.2) is 24.3 Å². The zero-order valence-corrected chi connectivity index (χ0v) is 10.1. The fourth-order valence-electron chi connectivity index (χ4n) is 2.16. The first-order chi connectivity index (χ1) is 8.15. The summed E-state index contributed by atoms with van der Waals surface area (Å²) in [5.74, 6) is -0.198. The highest BCUT2D eigenvalue weighted by Gasteiger charge is 2.22. The SMILES string of the molecule is C[C@H](O)[C@@H]1CN(Cc2ccc(F)cc2)CCN1. The van der Waals surface area contributed by atoms with Gasteiger partial charge in [-0.05, 0) is 24.6 Å². The third-order valence-corrected chi connectivity index (χ3v) is 3.19. The number of benzene rings is 1. The molecular formula is C13H19FN2O. The Morgan fingerprint density at radius 1 is 1.47 bits per heavy atom. The summed E-state index contributed by atoms with van der Waals surface area (Å²) in [6.45, 7) is 5.29. The Labute approximate surface area is 101 Å². The molecule has 1 saturated heterocycles. The van der Waals surface area contributed by atoms with Gasteiger partial charge >= 0.3 is 0 Å². The maximum atomic E-state index is 12.8. The van der Waals surface area contributed by atoms with Crippen molar-refractivity contribution in [3.05, 3.63) is 35.6 Å². The molecule has 1 aliphatic heterocycles. The van der Waals surface area contributed by atoms with Crippen LogP contribution >= 0.6 is 0 Å². The molecule has 0 spiro atoms. The van der Waals surface area contributed by atoms with Crippen molar-refractivity contribution < 1.29 is 9.50 Å². The number of aliphatic hydroxyl groups is 1. The summed E-state index contributed by atoms with van der Waals surface area (Å²) < 4.78 is 12.8. The average molecular weight is 238 g/mol. The molecule has 0 aliphatic carbocycles. The molecule has 4 heteroatoms. The second-order valence-electron chi connectivity index (χ2n) is 4.66. The Kier molecular flexibility index (Phi) is 4.10. The van der Waals surface area contributed by atoms with Crippen molar-refractivity contribution in [2.24, 2.45) is 0 Å². The molecule has 1 aliphatic rings. The van der Waals surface area contributed by atoms with Crippen molar-refractivity contribution in [1.29, 1.82) is 0 Å². The lowest BCUT2D eigenvalue weighted by molar-refractivity contribution is 0.0887. The molecule has 0 unspecified atom stereocenters. The molecule has 0 aromatic heterocycles. The van der Waals surface area contributed by atoms with Gasteiger partial charge in [0, 0.05) is 32.2 Å². The lowest BCUT2D eigenvalue weighted by Gasteiger charge is -2.35. The van der Waals surface area contributed by atoms with E-state index in [4.69, 9.17) is 0 Å². The summed E-state index contributed by atoms with van der Waals surface area (Å²) in [6, 6.07) is 6.74. The van der Waals surface area contributed by atoms with Crippen LogP contribution in [0.25, 0.3) is 0 Å². The largest absolute Gasteiger partial charge is 0.392 e. The first kappa shape index (κ1) is 12.5. The number of piperazine rings is 1. The third kappa shape index (κ3) is 3.49. The van der Waals surface area contributed by atoms with Crippen LogP contribution in [0.4, 0.5) is 4.39 Å². The van der Waals surface area contributed by atoms with E-state index in [1.165, 1.54) is 12.1 Å². The minimum absolute atomic E-state index is 0.129. The van der Waals surface area contributed by atoms with Crippen LogP contribution in [-0.4, -0.2) is 41.8 Å². The minimum atomic E-state index is -0.342. The molecular weight excluding hydrogens is 219 g/mol. The summed E-state index contributed by atoms with van der Waals surface area (Å²) >= 11 is 0. The summed E-state index contributed by atoms with van der Waals surface area (Å²) in [7, 11) is 0. The number of halogens is 1. The topological polar surface area (TPSA) is 35.5 Å². The standard InChI is InChI=1S/C13H19FN2O/c1-10(17)13-9-16(7-6-15-13)8-11-2-4-12(14)5-3-11/h2-5,10,13,15,17H,6-9H2,1H3/t10-,13-/m0/s1. The van der Waals surface area contributed by atoms with Crippen LogP contribution in [0.3, 0.4) is 0 Å². The summed E-state index contributed by atoms with van der Waals surface area (Å²) in [5, 5.41) is 12.9. The normalized spacial score (nSPS) is 23.6. The van der Waals surface area contributed by atoms with Crippen LogP contribution < -0.4 is 5.32 Å². The van der Waals surface area contributed by atoms with Crippen LogP contribution in [0.1, 0.15) is 12.5 Å². The molecule has 2 atom stereocenters. The van der Waals surface area contributed by atoms with E-state index in [0.717, 1.165) is 31.7 Å². The third-order valence-electron chi connectivity index (χ3n) is 3.19. The van der Waals surface area contributed by atoms with Gasteiger partial charge < -0.3 is 10.4 Å². The molecule has 0 bridgehead atoms. The number of hydrogen-bond donors (Lipinski definition) is 2. The Hall–Kier alpha value is -0.970. The van der Waals surface area contributed by atoms with Crippen molar-refractivity contribution in [1.82, 2.24) is 10.2 Å². The van der Waals surface area contributed by atoms with Crippen LogP contribution in [0, 0.1) is 5.82 Å². The van der Waals surface area contributed by atoms with E-state index < -0.39 is 0 Å². The lowest BCUT2D eigenvalue weighted by atomic mass is 10.1. The summed E-state index contributed by atoms with van der Waals surface area (Å²) in [6.07, 6.45) is -0.342. The number of rotatable bonds is 3. The average Bonchev–Trinajstić information content (AvgIpc) is 2.32. The second kappa shape index (κ2) is 5.58.